The number of aromatic amines is 1. The Hall–Kier alpha value is -2.50. The van der Waals surface area contributed by atoms with Crippen LogP contribution in [0.4, 0.5) is 0 Å². The normalized spacial score (nSPS) is 10.0. The lowest BCUT2D eigenvalue weighted by Gasteiger charge is -2.05. The molecule has 0 spiro atoms. The molecule has 0 aliphatic heterocycles. The highest BCUT2D eigenvalue weighted by Crippen LogP contribution is 2.20. The summed E-state index contributed by atoms with van der Waals surface area (Å²) in [7, 11) is 0. The second-order valence-corrected chi connectivity index (χ2v) is 3.12. The number of benzene rings is 1. The minimum absolute atomic E-state index is 0.341. The van der Waals surface area contributed by atoms with Crippen molar-refractivity contribution in [2.45, 2.75) is 0 Å². The summed E-state index contributed by atoms with van der Waals surface area (Å²) >= 11 is 0. The predicted octanol–water partition coefficient (Wildman–Crippen LogP) is 0.360. The van der Waals surface area contributed by atoms with Crippen molar-refractivity contribution >= 4 is 11.5 Å². The zero-order chi connectivity index (χ0) is 11.5. The molecule has 0 saturated carbocycles. The highest BCUT2D eigenvalue weighted by molar-refractivity contribution is 5.99. The molecule has 2 rings (SSSR count). The van der Waals surface area contributed by atoms with Gasteiger partial charge in [-0.25, -0.2) is 0 Å². The van der Waals surface area contributed by atoms with Crippen LogP contribution in [0.1, 0.15) is 21.7 Å². The Bertz CT molecular complexity index is 532. The fraction of sp³-hybridized carbons (Fsp3) is 0. The molecule has 6 nitrogen and oxygen atoms in total. The summed E-state index contributed by atoms with van der Waals surface area (Å²) < 4.78 is 0. The van der Waals surface area contributed by atoms with Crippen molar-refractivity contribution in [2.24, 2.45) is 5.73 Å². The van der Waals surface area contributed by atoms with Crippen LogP contribution >= 0.6 is 0 Å². The Kier molecular flexibility index (Phi) is 2.47. The lowest BCUT2D eigenvalue weighted by atomic mass is 10.0. The van der Waals surface area contributed by atoms with Crippen LogP contribution in [0.25, 0.3) is 5.57 Å². The number of carbonyl (C=O) groups excluding carboxylic acids is 1. The van der Waals surface area contributed by atoms with Crippen molar-refractivity contribution in [1.29, 1.82) is 0 Å². The van der Waals surface area contributed by atoms with Crippen LogP contribution in [0.15, 0.2) is 30.8 Å². The van der Waals surface area contributed by atoms with Crippen LogP contribution in [0.2, 0.25) is 0 Å². The average molecular weight is 215 g/mol. The van der Waals surface area contributed by atoms with E-state index in [1.807, 2.05) is 0 Å². The number of aromatic nitrogens is 4. The molecule has 0 unspecified atom stereocenters. The number of tetrazole rings is 1. The summed E-state index contributed by atoms with van der Waals surface area (Å²) in [5.41, 5.74) is 6.76. The fourth-order valence-electron chi connectivity index (χ4n) is 1.37. The Morgan fingerprint density at radius 3 is 2.56 bits per heavy atom. The largest absolute Gasteiger partial charge is 0.366 e. The predicted molar refractivity (Wildman–Crippen MR) is 57.3 cm³/mol. The Morgan fingerprint density at radius 1 is 1.31 bits per heavy atom. The molecule has 1 aromatic heterocycles. The van der Waals surface area contributed by atoms with Gasteiger partial charge < -0.3 is 5.73 Å². The number of nitrogens with two attached hydrogens (primary N) is 1. The van der Waals surface area contributed by atoms with Crippen LogP contribution in [0, 0.1) is 0 Å². The number of hydrogen-bond donors (Lipinski definition) is 2. The molecule has 16 heavy (non-hydrogen) atoms. The van der Waals surface area contributed by atoms with Crippen LogP contribution in [-0.2, 0) is 0 Å². The highest BCUT2D eigenvalue weighted by Gasteiger charge is 2.13. The number of nitrogens with one attached hydrogen (secondary N) is 1. The zero-order valence-corrected chi connectivity index (χ0v) is 8.34. The van der Waals surface area contributed by atoms with Gasteiger partial charge in [-0.2, -0.15) is 5.21 Å². The van der Waals surface area contributed by atoms with E-state index in [1.54, 1.807) is 24.3 Å². The molecule has 6 heteroatoms. The molecule has 1 amide bonds. The van der Waals surface area contributed by atoms with E-state index in [2.05, 4.69) is 27.2 Å². The number of rotatable bonds is 3. The lowest BCUT2D eigenvalue weighted by molar-refractivity contribution is 0.1000. The molecule has 80 valence electrons. The smallest absolute Gasteiger partial charge is 0.249 e. The van der Waals surface area contributed by atoms with Gasteiger partial charge in [0.2, 0.25) is 11.7 Å². The van der Waals surface area contributed by atoms with Gasteiger partial charge in [0.15, 0.2) is 0 Å². The van der Waals surface area contributed by atoms with Crippen molar-refractivity contribution in [3.05, 3.63) is 47.8 Å². The van der Waals surface area contributed by atoms with Gasteiger partial charge in [0.1, 0.15) is 0 Å². The summed E-state index contributed by atoms with van der Waals surface area (Å²) in [4.78, 5) is 11.2. The van der Waals surface area contributed by atoms with Gasteiger partial charge in [-0.15, -0.1) is 10.2 Å². The first-order chi connectivity index (χ1) is 7.70. The topological polar surface area (TPSA) is 97.6 Å². The number of H-pyrrole nitrogens is 1. The number of nitrogens with zero attached hydrogens (tertiary/aromatic N) is 3. The molecule has 0 fully saturated rings. The van der Waals surface area contributed by atoms with Gasteiger partial charge >= 0.3 is 0 Å². The molecule has 0 aliphatic carbocycles. The monoisotopic (exact) mass is 215 g/mol. The second-order valence-electron chi connectivity index (χ2n) is 3.12. The highest BCUT2D eigenvalue weighted by atomic mass is 16.1. The van der Waals surface area contributed by atoms with Crippen LogP contribution in [0.3, 0.4) is 0 Å². The van der Waals surface area contributed by atoms with Gasteiger partial charge in [0, 0.05) is 11.1 Å². The fourth-order valence-corrected chi connectivity index (χ4v) is 1.37. The van der Waals surface area contributed by atoms with Crippen LogP contribution < -0.4 is 5.73 Å². The van der Waals surface area contributed by atoms with Crippen molar-refractivity contribution in [2.75, 3.05) is 0 Å². The quantitative estimate of drug-likeness (QED) is 0.772. The molecule has 2 aromatic rings. The molecule has 0 aliphatic rings. The van der Waals surface area contributed by atoms with Gasteiger partial charge in [-0.05, 0) is 16.8 Å². The number of primary amides is 1. The minimum Gasteiger partial charge on any atom is -0.366 e. The van der Waals surface area contributed by atoms with E-state index in [9.17, 15) is 4.79 Å². The molecule has 0 atom stereocenters. The van der Waals surface area contributed by atoms with Gasteiger partial charge in [-0.3, -0.25) is 4.79 Å². The van der Waals surface area contributed by atoms with Crippen molar-refractivity contribution in [3.63, 3.8) is 0 Å². The minimum atomic E-state index is -0.514. The third kappa shape index (κ3) is 1.68. The van der Waals surface area contributed by atoms with E-state index in [4.69, 9.17) is 5.73 Å². The maximum atomic E-state index is 11.2. The van der Waals surface area contributed by atoms with E-state index < -0.39 is 5.91 Å². The first-order valence-electron chi connectivity index (χ1n) is 4.52. The number of carbonyl (C=O) groups is 1. The molecule has 1 aromatic carbocycles. The summed E-state index contributed by atoms with van der Waals surface area (Å²) in [5.74, 6) is -0.172. The molecule has 3 N–H and O–H groups in total. The summed E-state index contributed by atoms with van der Waals surface area (Å²) in [5, 5.41) is 13.3. The molecular formula is C10H9N5O. The molecular weight excluding hydrogens is 206 g/mol. The molecule has 0 bridgehead atoms. The van der Waals surface area contributed by atoms with E-state index in [0.29, 0.717) is 22.5 Å². The van der Waals surface area contributed by atoms with Crippen LogP contribution in [-0.4, -0.2) is 26.5 Å². The van der Waals surface area contributed by atoms with Gasteiger partial charge in [-0.1, -0.05) is 24.8 Å². The van der Waals surface area contributed by atoms with E-state index in [1.165, 1.54) is 0 Å². The maximum Gasteiger partial charge on any atom is 0.249 e. The lowest BCUT2D eigenvalue weighted by Crippen LogP contribution is -2.13. The van der Waals surface area contributed by atoms with Crippen molar-refractivity contribution in [1.82, 2.24) is 20.6 Å². The number of hydrogen-bond acceptors (Lipinski definition) is 4. The molecule has 0 saturated heterocycles. The van der Waals surface area contributed by atoms with E-state index in [-0.39, 0.29) is 0 Å². The van der Waals surface area contributed by atoms with E-state index in [0.717, 1.165) is 0 Å². The van der Waals surface area contributed by atoms with E-state index >= 15 is 0 Å². The Labute approximate surface area is 91.2 Å². The van der Waals surface area contributed by atoms with Crippen LogP contribution in [0.5, 0.6) is 0 Å². The summed E-state index contributed by atoms with van der Waals surface area (Å²) in [6.45, 7) is 3.82. The van der Waals surface area contributed by atoms with Gasteiger partial charge in [0.25, 0.3) is 0 Å². The summed E-state index contributed by atoms with van der Waals surface area (Å²) in [6, 6.07) is 6.88. The number of amides is 1. The first-order valence-corrected chi connectivity index (χ1v) is 4.52. The maximum absolute atomic E-state index is 11.2. The first kappa shape index (κ1) is 10.0. The van der Waals surface area contributed by atoms with Crippen molar-refractivity contribution in [3.8, 4) is 0 Å². The Balaban J connectivity index is 2.49. The van der Waals surface area contributed by atoms with Crippen molar-refractivity contribution < 1.29 is 4.79 Å². The SMILES string of the molecule is C=C(c1nn[nH]n1)c1ccccc1C(N)=O. The average Bonchev–Trinajstić information content (AvgIpc) is 2.81. The van der Waals surface area contributed by atoms with Gasteiger partial charge in [0.05, 0.1) is 0 Å². The standard InChI is InChI=1S/C10H9N5O/c1-6(10-12-14-15-13-10)7-4-2-3-5-8(7)9(11)16/h2-5H,1H2,(H2,11,16)(H,12,13,14,15). The third-order valence-corrected chi connectivity index (χ3v) is 2.13. The molecule has 0 radical (unpaired) electrons. The second kappa shape index (κ2) is 3.93. The summed E-state index contributed by atoms with van der Waals surface area (Å²) in [6.07, 6.45) is 0. The molecule has 1 heterocycles. The zero-order valence-electron chi connectivity index (χ0n) is 8.34. The Morgan fingerprint density at radius 2 is 2.00 bits per heavy atom. The third-order valence-electron chi connectivity index (χ3n) is 2.13.